The van der Waals surface area contributed by atoms with Gasteiger partial charge >= 0.3 is 5.97 Å². The molecule has 4 rings (SSSR count). The van der Waals surface area contributed by atoms with Crippen molar-refractivity contribution in [1.82, 2.24) is 9.80 Å². The van der Waals surface area contributed by atoms with Crippen molar-refractivity contribution in [2.24, 2.45) is 5.41 Å². The molecule has 1 aromatic rings. The van der Waals surface area contributed by atoms with E-state index >= 15 is 0 Å². The summed E-state index contributed by atoms with van der Waals surface area (Å²) >= 11 is 0. The first kappa shape index (κ1) is 25.0. The van der Waals surface area contributed by atoms with Crippen molar-refractivity contribution in [3.8, 4) is 5.75 Å². The summed E-state index contributed by atoms with van der Waals surface area (Å²) in [6.07, 6.45) is 3.28. The molecule has 2 N–H and O–H groups in total. The van der Waals surface area contributed by atoms with E-state index in [0.29, 0.717) is 37.2 Å². The highest BCUT2D eigenvalue weighted by molar-refractivity contribution is 5.98. The third-order valence-corrected chi connectivity index (χ3v) is 7.02. The van der Waals surface area contributed by atoms with E-state index in [2.05, 4.69) is 4.90 Å². The number of piperidine rings is 2. The normalized spacial score (nSPS) is 22.9. The number of hydrogen-bond acceptors (Lipinski definition) is 7. The molecule has 1 aromatic carbocycles. The molecule has 1 unspecified atom stereocenters. The largest absolute Gasteiger partial charge is 0.496 e. The van der Waals surface area contributed by atoms with Gasteiger partial charge < -0.3 is 24.6 Å². The third kappa shape index (κ3) is 5.65. The Morgan fingerprint density at radius 2 is 1.88 bits per heavy atom. The number of aliphatic hydroxyl groups excluding tert-OH is 1. The first-order valence-electron chi connectivity index (χ1n) is 11.5. The maximum Gasteiger partial charge on any atom is 0.312 e. The zero-order valence-electron chi connectivity index (χ0n) is 19.4. The molecule has 0 radical (unpaired) electrons. The number of carbonyl (C=O) groups excluding carboxylic acids is 2. The van der Waals surface area contributed by atoms with Crippen LogP contribution in [-0.2, 0) is 14.3 Å². The Morgan fingerprint density at radius 1 is 1.24 bits per heavy atom. The molecule has 0 aliphatic carbocycles. The fraction of sp³-hybridized carbons (Fsp3) is 0.625. The van der Waals surface area contributed by atoms with Crippen molar-refractivity contribution in [3.05, 3.63) is 29.3 Å². The van der Waals surface area contributed by atoms with Crippen LogP contribution < -0.4 is 4.74 Å². The average molecular weight is 463 g/mol. The number of ether oxygens (including phenoxy) is 2. The van der Waals surface area contributed by atoms with Gasteiger partial charge in [-0.2, -0.15) is 0 Å². The molecule has 1 atom stereocenters. The predicted molar refractivity (Wildman–Crippen MR) is 120 cm³/mol. The second-order valence-corrected chi connectivity index (χ2v) is 9.09. The highest BCUT2D eigenvalue weighted by Crippen LogP contribution is 2.43. The fourth-order valence-electron chi connectivity index (χ4n) is 5.12. The topological polar surface area (TPSA) is 117 Å². The van der Waals surface area contributed by atoms with E-state index in [1.165, 1.54) is 0 Å². The summed E-state index contributed by atoms with van der Waals surface area (Å²) in [6, 6.07) is 5.61. The fourth-order valence-corrected chi connectivity index (χ4v) is 5.12. The van der Waals surface area contributed by atoms with E-state index in [0.717, 1.165) is 44.5 Å². The maximum absolute atomic E-state index is 13.1. The molecular formula is C24H34N2O7. The average Bonchev–Trinajstić information content (AvgIpc) is 3.09. The summed E-state index contributed by atoms with van der Waals surface area (Å²) in [6.45, 7) is 5.20. The first-order chi connectivity index (χ1) is 15.8. The molecule has 3 saturated heterocycles. The van der Waals surface area contributed by atoms with Crippen LogP contribution in [0.4, 0.5) is 0 Å². The number of aliphatic hydroxyl groups is 1. The van der Waals surface area contributed by atoms with E-state index in [-0.39, 0.29) is 30.6 Å². The number of amides is 1. The molecule has 3 heterocycles. The molecule has 1 amide bonds. The standard InChI is InChI=1S/C23H32N2O5.CH2O2/c1-16-4-3-5-19(29-2)20(16)21(27)25-12-8-23(9-13-25)14-18(30-22(23)28)15-24-10-6-17(26)7-11-24;2-1-3/h3-5,17-18,26H,6-15H2,1-2H3;1H,(H,2,3). The van der Waals surface area contributed by atoms with Crippen LogP contribution in [0.15, 0.2) is 18.2 Å². The molecule has 1 spiro atoms. The zero-order chi connectivity index (χ0) is 24.0. The van der Waals surface area contributed by atoms with Gasteiger partial charge in [-0.15, -0.1) is 0 Å². The SMILES string of the molecule is COc1cccc(C)c1C(=O)N1CCC2(CC1)CC(CN1CCC(O)CC1)OC2=O.O=CO. The van der Waals surface area contributed by atoms with E-state index in [1.54, 1.807) is 7.11 Å². The third-order valence-electron chi connectivity index (χ3n) is 7.02. The van der Waals surface area contributed by atoms with Crippen LogP contribution in [0, 0.1) is 12.3 Å². The van der Waals surface area contributed by atoms with E-state index in [1.807, 2.05) is 30.0 Å². The summed E-state index contributed by atoms with van der Waals surface area (Å²) in [5.41, 5.74) is 1.04. The summed E-state index contributed by atoms with van der Waals surface area (Å²) in [4.78, 5) is 38.4. The highest BCUT2D eigenvalue weighted by Gasteiger charge is 2.51. The lowest BCUT2D eigenvalue weighted by atomic mass is 9.76. The number of likely N-dealkylation sites (tertiary alicyclic amines) is 2. The number of carbonyl (C=O) groups is 3. The van der Waals surface area contributed by atoms with Crippen LogP contribution in [0.2, 0.25) is 0 Å². The number of methoxy groups -OCH3 is 1. The molecule has 0 aromatic heterocycles. The van der Waals surface area contributed by atoms with Crippen molar-refractivity contribution < 1.29 is 34.1 Å². The Balaban J connectivity index is 0.000000968. The Hall–Kier alpha value is -2.65. The lowest BCUT2D eigenvalue weighted by Gasteiger charge is -2.37. The van der Waals surface area contributed by atoms with Crippen molar-refractivity contribution in [2.45, 2.75) is 51.2 Å². The van der Waals surface area contributed by atoms with Gasteiger partial charge in [0.05, 0.1) is 24.2 Å². The summed E-state index contributed by atoms with van der Waals surface area (Å²) < 4.78 is 11.2. The number of benzene rings is 1. The van der Waals surface area contributed by atoms with Crippen LogP contribution >= 0.6 is 0 Å². The van der Waals surface area contributed by atoms with Gasteiger partial charge in [0.2, 0.25) is 0 Å². The summed E-state index contributed by atoms with van der Waals surface area (Å²) in [7, 11) is 1.58. The van der Waals surface area contributed by atoms with Crippen LogP contribution in [0.25, 0.3) is 0 Å². The Morgan fingerprint density at radius 3 is 2.48 bits per heavy atom. The van der Waals surface area contributed by atoms with Crippen molar-refractivity contribution in [3.63, 3.8) is 0 Å². The van der Waals surface area contributed by atoms with Gasteiger partial charge in [-0.25, -0.2) is 0 Å². The Kier molecular flexibility index (Phi) is 8.31. The molecule has 182 valence electrons. The summed E-state index contributed by atoms with van der Waals surface area (Å²) in [5, 5.41) is 16.6. The zero-order valence-corrected chi connectivity index (χ0v) is 19.4. The number of hydrogen-bond donors (Lipinski definition) is 2. The van der Waals surface area contributed by atoms with Gasteiger partial charge in [0.1, 0.15) is 11.9 Å². The van der Waals surface area contributed by atoms with Crippen LogP contribution in [-0.4, -0.2) is 90.4 Å². The minimum Gasteiger partial charge on any atom is -0.496 e. The van der Waals surface area contributed by atoms with Crippen molar-refractivity contribution >= 4 is 18.3 Å². The molecule has 33 heavy (non-hydrogen) atoms. The van der Waals surface area contributed by atoms with E-state index in [4.69, 9.17) is 19.4 Å². The van der Waals surface area contributed by atoms with Gasteiger partial charge in [-0.05, 0) is 44.2 Å². The number of aryl methyl sites for hydroxylation is 1. The first-order valence-corrected chi connectivity index (χ1v) is 11.5. The second kappa shape index (κ2) is 11.0. The molecule has 0 saturated carbocycles. The Labute approximate surface area is 194 Å². The molecule has 3 fully saturated rings. The smallest absolute Gasteiger partial charge is 0.312 e. The summed E-state index contributed by atoms with van der Waals surface area (Å²) in [5.74, 6) is 0.451. The monoisotopic (exact) mass is 462 g/mol. The minimum atomic E-state index is -0.466. The Bertz CT molecular complexity index is 843. The lowest BCUT2D eigenvalue weighted by Crippen LogP contribution is -2.45. The number of esters is 1. The molecular weight excluding hydrogens is 428 g/mol. The van der Waals surface area contributed by atoms with Crippen LogP contribution in [0.3, 0.4) is 0 Å². The number of rotatable bonds is 4. The van der Waals surface area contributed by atoms with Gasteiger partial charge in [0.25, 0.3) is 12.4 Å². The predicted octanol–water partition coefficient (Wildman–Crippen LogP) is 1.70. The molecule has 3 aliphatic heterocycles. The lowest BCUT2D eigenvalue weighted by molar-refractivity contribution is -0.151. The number of nitrogens with zero attached hydrogens (tertiary/aromatic N) is 2. The number of carboxylic acid groups (broad SMARTS) is 1. The molecule has 9 nitrogen and oxygen atoms in total. The van der Waals surface area contributed by atoms with Crippen molar-refractivity contribution in [2.75, 3.05) is 39.8 Å². The quantitative estimate of drug-likeness (QED) is 0.513. The number of cyclic esters (lactones) is 1. The maximum atomic E-state index is 13.1. The molecule has 9 heteroatoms. The minimum absolute atomic E-state index is 0.0328. The van der Waals surface area contributed by atoms with Crippen LogP contribution in [0.5, 0.6) is 5.75 Å². The second-order valence-electron chi connectivity index (χ2n) is 9.09. The highest BCUT2D eigenvalue weighted by atomic mass is 16.6. The van der Waals surface area contributed by atoms with Gasteiger partial charge in [-0.1, -0.05) is 12.1 Å². The molecule has 0 bridgehead atoms. The van der Waals surface area contributed by atoms with E-state index in [9.17, 15) is 14.7 Å². The van der Waals surface area contributed by atoms with Gasteiger partial charge in [0, 0.05) is 39.1 Å². The van der Waals surface area contributed by atoms with Crippen molar-refractivity contribution in [1.29, 1.82) is 0 Å². The van der Waals surface area contributed by atoms with Gasteiger partial charge in [0.15, 0.2) is 0 Å². The van der Waals surface area contributed by atoms with Gasteiger partial charge in [-0.3, -0.25) is 19.3 Å². The van der Waals surface area contributed by atoms with Crippen LogP contribution in [0.1, 0.15) is 48.0 Å². The molecule has 3 aliphatic rings. The van der Waals surface area contributed by atoms with E-state index < -0.39 is 5.41 Å².